The molecule has 21 heavy (non-hydrogen) atoms. The van der Waals surface area contributed by atoms with Crippen LogP contribution in [-0.2, 0) is 16.1 Å². The highest BCUT2D eigenvalue weighted by Crippen LogP contribution is 2.15. The number of rotatable bonds is 5. The highest BCUT2D eigenvalue weighted by molar-refractivity contribution is 5.71. The zero-order valence-corrected chi connectivity index (χ0v) is 11.1. The summed E-state index contributed by atoms with van der Waals surface area (Å²) in [5, 5.41) is 8.66. The van der Waals surface area contributed by atoms with E-state index in [9.17, 15) is 9.18 Å². The van der Waals surface area contributed by atoms with Crippen LogP contribution < -0.4 is 4.74 Å². The fourth-order valence-electron chi connectivity index (χ4n) is 1.58. The summed E-state index contributed by atoms with van der Waals surface area (Å²) in [4.78, 5) is 11.5. The third-order valence-electron chi connectivity index (χ3n) is 2.67. The van der Waals surface area contributed by atoms with Crippen LogP contribution in [0, 0.1) is 17.1 Å². The van der Waals surface area contributed by atoms with Crippen molar-refractivity contribution in [3.05, 3.63) is 65.5 Å². The molecule has 0 saturated heterocycles. The fraction of sp³-hybridized carbons (Fsp3) is 0.125. The second-order valence-corrected chi connectivity index (χ2v) is 4.19. The fourth-order valence-corrected chi connectivity index (χ4v) is 1.58. The maximum atomic E-state index is 13.3. The normalized spacial score (nSPS) is 9.71. The van der Waals surface area contributed by atoms with E-state index in [1.807, 2.05) is 6.07 Å². The molecule has 0 bridgehead atoms. The summed E-state index contributed by atoms with van der Waals surface area (Å²) >= 11 is 0. The van der Waals surface area contributed by atoms with Gasteiger partial charge >= 0.3 is 5.97 Å². The van der Waals surface area contributed by atoms with Crippen molar-refractivity contribution >= 4 is 5.97 Å². The van der Waals surface area contributed by atoms with Crippen molar-refractivity contribution in [1.29, 1.82) is 5.26 Å². The van der Waals surface area contributed by atoms with E-state index in [0.29, 0.717) is 5.56 Å². The molecule has 0 aliphatic rings. The van der Waals surface area contributed by atoms with Crippen LogP contribution >= 0.6 is 0 Å². The predicted octanol–water partition coefficient (Wildman–Crippen LogP) is 2.82. The maximum Gasteiger partial charge on any atom is 0.344 e. The van der Waals surface area contributed by atoms with Crippen LogP contribution in [0.2, 0.25) is 0 Å². The number of para-hydroxylation sites is 1. The first-order valence-electron chi connectivity index (χ1n) is 6.21. The molecule has 0 radical (unpaired) electrons. The third-order valence-corrected chi connectivity index (χ3v) is 2.67. The molecular formula is C16H12FNO3. The topological polar surface area (TPSA) is 59.3 Å². The SMILES string of the molecule is N#Cc1ccc(COC(=O)COc2ccccc2F)cc1. The van der Waals surface area contributed by atoms with Crippen molar-refractivity contribution in [3.8, 4) is 11.8 Å². The van der Waals surface area contributed by atoms with Gasteiger partial charge in [-0.3, -0.25) is 0 Å². The lowest BCUT2D eigenvalue weighted by atomic mass is 10.2. The highest BCUT2D eigenvalue weighted by Gasteiger charge is 2.07. The van der Waals surface area contributed by atoms with Crippen LogP contribution in [0.25, 0.3) is 0 Å². The Kier molecular flexibility index (Phi) is 4.89. The van der Waals surface area contributed by atoms with Gasteiger partial charge in [-0.25, -0.2) is 9.18 Å². The Morgan fingerprint density at radius 1 is 1.14 bits per heavy atom. The van der Waals surface area contributed by atoms with E-state index >= 15 is 0 Å². The molecule has 0 fully saturated rings. The van der Waals surface area contributed by atoms with Gasteiger partial charge in [-0.2, -0.15) is 5.26 Å². The minimum absolute atomic E-state index is 0.00724. The predicted molar refractivity (Wildman–Crippen MR) is 72.8 cm³/mol. The summed E-state index contributed by atoms with van der Waals surface area (Å²) < 4.78 is 23.3. The van der Waals surface area contributed by atoms with Crippen molar-refractivity contribution < 1.29 is 18.7 Å². The number of nitrogens with zero attached hydrogens (tertiary/aromatic N) is 1. The van der Waals surface area contributed by atoms with Gasteiger partial charge in [0.1, 0.15) is 6.61 Å². The summed E-state index contributed by atoms with van der Waals surface area (Å²) in [6, 6.07) is 14.5. The Balaban J connectivity index is 1.79. The number of nitriles is 1. The molecule has 2 rings (SSSR count). The van der Waals surface area contributed by atoms with Crippen molar-refractivity contribution in [2.75, 3.05) is 6.61 Å². The van der Waals surface area contributed by atoms with Gasteiger partial charge in [0.15, 0.2) is 18.2 Å². The lowest BCUT2D eigenvalue weighted by Crippen LogP contribution is -2.15. The monoisotopic (exact) mass is 285 g/mol. The van der Waals surface area contributed by atoms with Crippen LogP contribution in [-0.4, -0.2) is 12.6 Å². The van der Waals surface area contributed by atoms with E-state index < -0.39 is 11.8 Å². The zero-order chi connectivity index (χ0) is 15.1. The molecule has 0 amide bonds. The van der Waals surface area contributed by atoms with E-state index in [-0.39, 0.29) is 19.0 Å². The summed E-state index contributed by atoms with van der Waals surface area (Å²) in [6.45, 7) is -0.289. The molecule has 0 unspecified atom stereocenters. The van der Waals surface area contributed by atoms with Gasteiger partial charge in [0.25, 0.3) is 0 Å². The molecule has 2 aromatic carbocycles. The average molecular weight is 285 g/mol. The lowest BCUT2D eigenvalue weighted by Gasteiger charge is -2.07. The summed E-state index contributed by atoms with van der Waals surface area (Å²) in [7, 11) is 0. The van der Waals surface area contributed by atoms with E-state index in [0.717, 1.165) is 5.56 Å². The van der Waals surface area contributed by atoms with Crippen LogP contribution in [0.5, 0.6) is 5.75 Å². The van der Waals surface area contributed by atoms with Crippen molar-refractivity contribution in [1.82, 2.24) is 0 Å². The van der Waals surface area contributed by atoms with Gasteiger partial charge in [-0.1, -0.05) is 24.3 Å². The standard InChI is InChI=1S/C16H12FNO3/c17-14-3-1-2-4-15(14)20-11-16(19)21-10-13-7-5-12(9-18)6-8-13/h1-8H,10-11H2. The molecule has 2 aromatic rings. The number of carbonyl (C=O) groups excluding carboxylic acids is 1. The number of ether oxygens (including phenoxy) is 2. The number of esters is 1. The van der Waals surface area contributed by atoms with E-state index in [1.165, 1.54) is 18.2 Å². The number of halogens is 1. The summed E-state index contributed by atoms with van der Waals surface area (Å²) in [5.74, 6) is -1.12. The van der Waals surface area contributed by atoms with Crippen molar-refractivity contribution in [2.24, 2.45) is 0 Å². The summed E-state index contributed by atoms with van der Waals surface area (Å²) in [6.07, 6.45) is 0. The van der Waals surface area contributed by atoms with E-state index in [1.54, 1.807) is 30.3 Å². The second kappa shape index (κ2) is 7.06. The second-order valence-electron chi connectivity index (χ2n) is 4.19. The molecular weight excluding hydrogens is 273 g/mol. The Labute approximate surface area is 121 Å². The molecule has 5 heteroatoms. The number of hydrogen-bond acceptors (Lipinski definition) is 4. The van der Waals surface area contributed by atoms with Crippen LogP contribution in [0.1, 0.15) is 11.1 Å². The zero-order valence-electron chi connectivity index (χ0n) is 11.1. The number of benzene rings is 2. The molecule has 0 aromatic heterocycles. The smallest absolute Gasteiger partial charge is 0.344 e. The molecule has 0 N–H and O–H groups in total. The lowest BCUT2D eigenvalue weighted by molar-refractivity contribution is -0.147. The molecule has 0 spiro atoms. The largest absolute Gasteiger partial charge is 0.479 e. The summed E-state index contributed by atoms with van der Waals surface area (Å²) in [5.41, 5.74) is 1.29. The van der Waals surface area contributed by atoms with Gasteiger partial charge in [0, 0.05) is 0 Å². The quantitative estimate of drug-likeness (QED) is 0.793. The van der Waals surface area contributed by atoms with Crippen molar-refractivity contribution in [3.63, 3.8) is 0 Å². The van der Waals surface area contributed by atoms with E-state index in [2.05, 4.69) is 0 Å². The molecule has 0 atom stereocenters. The Bertz CT molecular complexity index is 662. The first-order chi connectivity index (χ1) is 10.2. The number of hydrogen-bond donors (Lipinski definition) is 0. The Morgan fingerprint density at radius 3 is 2.52 bits per heavy atom. The highest BCUT2D eigenvalue weighted by atomic mass is 19.1. The van der Waals surface area contributed by atoms with Crippen molar-refractivity contribution in [2.45, 2.75) is 6.61 Å². The van der Waals surface area contributed by atoms with Gasteiger partial charge in [-0.05, 0) is 29.8 Å². The van der Waals surface area contributed by atoms with Crippen LogP contribution in [0.3, 0.4) is 0 Å². The van der Waals surface area contributed by atoms with Crippen LogP contribution in [0.15, 0.2) is 48.5 Å². The minimum atomic E-state index is -0.595. The molecule has 4 nitrogen and oxygen atoms in total. The molecule has 0 aliphatic carbocycles. The number of carbonyl (C=O) groups is 1. The first-order valence-corrected chi connectivity index (χ1v) is 6.21. The van der Waals surface area contributed by atoms with Gasteiger partial charge in [0.2, 0.25) is 0 Å². The molecule has 0 heterocycles. The van der Waals surface area contributed by atoms with Gasteiger partial charge < -0.3 is 9.47 Å². The third kappa shape index (κ3) is 4.32. The maximum absolute atomic E-state index is 13.3. The Morgan fingerprint density at radius 2 is 1.86 bits per heavy atom. The first kappa shape index (κ1) is 14.5. The van der Waals surface area contributed by atoms with Gasteiger partial charge in [-0.15, -0.1) is 0 Å². The molecule has 0 aliphatic heterocycles. The molecule has 0 saturated carbocycles. The van der Waals surface area contributed by atoms with Gasteiger partial charge in [0.05, 0.1) is 11.6 Å². The average Bonchev–Trinajstić information content (AvgIpc) is 2.52. The van der Waals surface area contributed by atoms with Crippen LogP contribution in [0.4, 0.5) is 4.39 Å². The minimum Gasteiger partial charge on any atom is -0.479 e. The Hall–Kier alpha value is -2.87. The molecule has 106 valence electrons. The van der Waals surface area contributed by atoms with E-state index in [4.69, 9.17) is 14.7 Å².